The molecule has 1 aliphatic rings. The number of nitrogens with two attached hydrogens (primary N) is 1. The largest absolute Gasteiger partial charge is 0.330 e. The normalized spacial score (nSPS) is 19.8. The molecule has 0 bridgehead atoms. The molecule has 0 spiro atoms. The van der Waals surface area contributed by atoms with Crippen molar-refractivity contribution in [1.82, 2.24) is 0 Å². The highest BCUT2D eigenvalue weighted by molar-refractivity contribution is 5.96. The minimum atomic E-state index is -0.338. The molecule has 0 aliphatic carbocycles. The lowest BCUT2D eigenvalue weighted by Crippen LogP contribution is -2.34. The highest BCUT2D eigenvalue weighted by atomic mass is 19.1. The summed E-state index contributed by atoms with van der Waals surface area (Å²) in [7, 11) is 1.61. The van der Waals surface area contributed by atoms with Gasteiger partial charge in [-0.25, -0.2) is 4.39 Å². The first kappa shape index (κ1) is 11.1. The van der Waals surface area contributed by atoms with Gasteiger partial charge in [-0.2, -0.15) is 0 Å². The van der Waals surface area contributed by atoms with Gasteiger partial charge in [0.15, 0.2) is 0 Å². The molecular weight excluding hydrogens is 207 g/mol. The van der Waals surface area contributed by atoms with E-state index in [4.69, 9.17) is 5.73 Å². The first-order valence-corrected chi connectivity index (χ1v) is 5.40. The third-order valence-corrected chi connectivity index (χ3v) is 3.10. The molecule has 1 heterocycles. The summed E-state index contributed by atoms with van der Waals surface area (Å²) in [6.07, 6.45) is 1.14. The maximum absolute atomic E-state index is 13.7. The van der Waals surface area contributed by atoms with Crippen molar-refractivity contribution in [3.05, 3.63) is 29.6 Å². The van der Waals surface area contributed by atoms with Gasteiger partial charge in [-0.15, -0.1) is 0 Å². The number of para-hydroxylation sites is 1. The van der Waals surface area contributed by atoms with Gasteiger partial charge in [-0.05, 0) is 30.5 Å². The zero-order chi connectivity index (χ0) is 11.7. The Balaban J connectivity index is 2.49. The fraction of sp³-hybridized carbons (Fsp3) is 0.417. The number of carbonyl (C=O) groups is 1. The van der Waals surface area contributed by atoms with Crippen LogP contribution in [-0.4, -0.2) is 19.5 Å². The van der Waals surface area contributed by atoms with Gasteiger partial charge >= 0.3 is 0 Å². The van der Waals surface area contributed by atoms with Crippen LogP contribution >= 0.6 is 0 Å². The number of rotatable bonds is 2. The van der Waals surface area contributed by atoms with Crippen molar-refractivity contribution in [2.45, 2.75) is 18.8 Å². The van der Waals surface area contributed by atoms with Gasteiger partial charge in [-0.1, -0.05) is 12.1 Å². The summed E-state index contributed by atoms with van der Waals surface area (Å²) in [5.41, 5.74) is 6.83. The molecule has 0 fully saturated rings. The molecule has 1 aliphatic heterocycles. The van der Waals surface area contributed by atoms with E-state index in [1.165, 1.54) is 11.0 Å². The summed E-state index contributed by atoms with van der Waals surface area (Å²) in [5, 5.41) is 0. The Bertz CT molecular complexity index is 419. The number of hydrogen-bond acceptors (Lipinski definition) is 2. The number of anilines is 1. The van der Waals surface area contributed by atoms with E-state index in [9.17, 15) is 9.18 Å². The summed E-state index contributed by atoms with van der Waals surface area (Å²) in [5.74, 6) is -0.328. The third kappa shape index (κ3) is 1.69. The summed E-state index contributed by atoms with van der Waals surface area (Å²) in [4.78, 5) is 13.1. The van der Waals surface area contributed by atoms with E-state index < -0.39 is 0 Å². The Hall–Kier alpha value is -1.42. The maximum Gasteiger partial charge on any atom is 0.227 e. The van der Waals surface area contributed by atoms with Gasteiger partial charge in [-0.3, -0.25) is 4.79 Å². The first-order valence-electron chi connectivity index (χ1n) is 5.40. The van der Waals surface area contributed by atoms with Gasteiger partial charge in [0.25, 0.3) is 0 Å². The molecule has 1 amide bonds. The maximum atomic E-state index is 13.7. The lowest BCUT2D eigenvalue weighted by molar-refractivity contribution is -0.119. The van der Waals surface area contributed by atoms with Gasteiger partial charge in [0.1, 0.15) is 5.82 Å². The highest BCUT2D eigenvalue weighted by Gasteiger charge is 2.30. The van der Waals surface area contributed by atoms with E-state index in [-0.39, 0.29) is 17.6 Å². The van der Waals surface area contributed by atoms with Crippen LogP contribution in [0, 0.1) is 5.82 Å². The van der Waals surface area contributed by atoms with Crippen LogP contribution in [0.5, 0.6) is 0 Å². The predicted octanol–water partition coefficient (Wildman–Crippen LogP) is 1.62. The number of hydrogen-bond donors (Lipinski definition) is 1. The van der Waals surface area contributed by atoms with Gasteiger partial charge in [0, 0.05) is 13.5 Å². The van der Waals surface area contributed by atoms with Gasteiger partial charge < -0.3 is 10.6 Å². The van der Waals surface area contributed by atoms with Crippen molar-refractivity contribution in [2.75, 3.05) is 18.5 Å². The Morgan fingerprint density at radius 2 is 2.31 bits per heavy atom. The van der Waals surface area contributed by atoms with Crippen LogP contribution in [0.4, 0.5) is 10.1 Å². The van der Waals surface area contributed by atoms with Gasteiger partial charge in [0.05, 0.1) is 5.69 Å². The van der Waals surface area contributed by atoms with E-state index in [1.54, 1.807) is 13.1 Å². The summed E-state index contributed by atoms with van der Waals surface area (Å²) in [6.45, 7) is 0.512. The first-order chi connectivity index (χ1) is 7.65. The molecule has 1 aromatic rings. The summed E-state index contributed by atoms with van der Waals surface area (Å²) in [6, 6.07) is 4.94. The SMILES string of the molecule is CN1C(=O)CC(CCN)c2cccc(F)c21. The number of amides is 1. The zero-order valence-corrected chi connectivity index (χ0v) is 9.24. The topological polar surface area (TPSA) is 46.3 Å². The van der Waals surface area contributed by atoms with Crippen LogP contribution in [0.25, 0.3) is 0 Å². The molecule has 0 radical (unpaired) electrons. The van der Waals surface area contributed by atoms with Crippen LogP contribution in [0.15, 0.2) is 18.2 Å². The Kier molecular flexibility index (Phi) is 2.92. The minimum Gasteiger partial charge on any atom is -0.330 e. The zero-order valence-electron chi connectivity index (χ0n) is 9.24. The summed E-state index contributed by atoms with van der Waals surface area (Å²) >= 11 is 0. The molecule has 3 nitrogen and oxygen atoms in total. The van der Waals surface area contributed by atoms with E-state index in [0.717, 1.165) is 12.0 Å². The average molecular weight is 222 g/mol. The van der Waals surface area contributed by atoms with Crippen molar-refractivity contribution < 1.29 is 9.18 Å². The van der Waals surface area contributed by atoms with Crippen molar-refractivity contribution >= 4 is 11.6 Å². The number of fused-ring (bicyclic) bond motifs is 1. The lowest BCUT2D eigenvalue weighted by atomic mass is 9.87. The smallest absolute Gasteiger partial charge is 0.227 e. The average Bonchev–Trinajstić information content (AvgIpc) is 2.25. The molecule has 0 saturated heterocycles. The van der Waals surface area contributed by atoms with E-state index >= 15 is 0 Å². The number of carbonyl (C=O) groups excluding carboxylic acids is 1. The lowest BCUT2D eigenvalue weighted by Gasteiger charge is -2.31. The Morgan fingerprint density at radius 1 is 1.56 bits per heavy atom. The van der Waals surface area contributed by atoms with Crippen molar-refractivity contribution in [2.24, 2.45) is 5.73 Å². The van der Waals surface area contributed by atoms with Crippen LogP contribution in [0.1, 0.15) is 24.3 Å². The van der Waals surface area contributed by atoms with Crippen molar-refractivity contribution in [3.8, 4) is 0 Å². The molecule has 0 saturated carbocycles. The van der Waals surface area contributed by atoms with Crippen LogP contribution in [0.2, 0.25) is 0 Å². The second-order valence-corrected chi connectivity index (χ2v) is 4.11. The Labute approximate surface area is 94.0 Å². The quantitative estimate of drug-likeness (QED) is 0.826. The Morgan fingerprint density at radius 3 is 3.00 bits per heavy atom. The molecule has 16 heavy (non-hydrogen) atoms. The highest BCUT2D eigenvalue weighted by Crippen LogP contribution is 2.38. The molecule has 1 aromatic carbocycles. The van der Waals surface area contributed by atoms with Gasteiger partial charge in [0.2, 0.25) is 5.91 Å². The monoisotopic (exact) mass is 222 g/mol. The van der Waals surface area contributed by atoms with Crippen molar-refractivity contribution in [1.29, 1.82) is 0 Å². The van der Waals surface area contributed by atoms with E-state index in [0.29, 0.717) is 18.7 Å². The second kappa shape index (κ2) is 4.22. The predicted molar refractivity (Wildman–Crippen MR) is 60.8 cm³/mol. The molecule has 4 heteroatoms. The third-order valence-electron chi connectivity index (χ3n) is 3.10. The molecule has 1 atom stereocenters. The van der Waals surface area contributed by atoms with Crippen LogP contribution < -0.4 is 10.6 Å². The summed E-state index contributed by atoms with van der Waals surface area (Å²) < 4.78 is 13.7. The van der Waals surface area contributed by atoms with Crippen molar-refractivity contribution in [3.63, 3.8) is 0 Å². The minimum absolute atomic E-state index is 0.0453. The number of nitrogens with zero attached hydrogens (tertiary/aromatic N) is 1. The van der Waals surface area contributed by atoms with E-state index in [2.05, 4.69) is 0 Å². The molecule has 1 unspecified atom stereocenters. The fourth-order valence-corrected chi connectivity index (χ4v) is 2.26. The molecule has 2 N–H and O–H groups in total. The molecule has 2 rings (SSSR count). The number of halogens is 1. The fourth-order valence-electron chi connectivity index (χ4n) is 2.26. The van der Waals surface area contributed by atoms with Crippen LogP contribution in [-0.2, 0) is 4.79 Å². The molecular formula is C12H15FN2O. The van der Waals surface area contributed by atoms with E-state index in [1.807, 2.05) is 6.07 Å². The number of benzene rings is 1. The second-order valence-electron chi connectivity index (χ2n) is 4.11. The molecule has 86 valence electrons. The van der Waals surface area contributed by atoms with Crippen LogP contribution in [0.3, 0.4) is 0 Å². The molecule has 0 aromatic heterocycles. The standard InChI is InChI=1S/C12H15FN2O/c1-15-11(16)7-8(5-6-14)9-3-2-4-10(13)12(9)15/h2-4,8H,5-7,14H2,1H3.